The molecule has 1 aliphatic carbocycles. The number of hydrogen-bond donors (Lipinski definition) is 1. The maximum Gasteiger partial charge on any atom is 0.0968 e. The van der Waals surface area contributed by atoms with Crippen LogP contribution in [0.25, 0.3) is 0 Å². The highest BCUT2D eigenvalue weighted by atomic mass is 35.5. The fraction of sp³-hybridized carbons (Fsp3) is 0.417. The van der Waals surface area contributed by atoms with E-state index in [-0.39, 0.29) is 0 Å². The number of benzene rings is 1. The maximum absolute atomic E-state index is 6.06. The summed E-state index contributed by atoms with van der Waals surface area (Å²) >= 11 is 11.9. The molecule has 0 amide bonds. The van der Waals surface area contributed by atoms with E-state index in [4.69, 9.17) is 28.9 Å². The van der Waals surface area contributed by atoms with Crippen LogP contribution < -0.4 is 5.73 Å². The summed E-state index contributed by atoms with van der Waals surface area (Å²) in [4.78, 5) is 4.35. The first kappa shape index (κ1) is 11.7. The van der Waals surface area contributed by atoms with Gasteiger partial charge in [-0.1, -0.05) is 29.3 Å². The second kappa shape index (κ2) is 5.07. The monoisotopic (exact) mass is 256 g/mol. The van der Waals surface area contributed by atoms with Gasteiger partial charge in [-0.3, -0.25) is 4.99 Å². The zero-order valence-electron chi connectivity index (χ0n) is 8.92. The van der Waals surface area contributed by atoms with Crippen LogP contribution in [-0.2, 0) is 6.42 Å². The maximum atomic E-state index is 6.06. The molecule has 2 rings (SSSR count). The average Bonchev–Trinajstić information content (AvgIpc) is 3.04. The molecule has 1 fully saturated rings. The molecule has 0 saturated heterocycles. The van der Waals surface area contributed by atoms with E-state index >= 15 is 0 Å². The highest BCUT2D eigenvalue weighted by molar-refractivity contribution is 6.35. The van der Waals surface area contributed by atoms with Gasteiger partial charge >= 0.3 is 0 Å². The van der Waals surface area contributed by atoms with Gasteiger partial charge in [-0.15, -0.1) is 0 Å². The van der Waals surface area contributed by atoms with Gasteiger partial charge in [0.2, 0.25) is 0 Å². The molecule has 1 saturated carbocycles. The van der Waals surface area contributed by atoms with Crippen molar-refractivity contribution in [2.75, 3.05) is 6.54 Å². The first-order valence-electron chi connectivity index (χ1n) is 5.40. The lowest BCUT2D eigenvalue weighted by Gasteiger charge is -2.03. The van der Waals surface area contributed by atoms with Gasteiger partial charge < -0.3 is 5.73 Å². The van der Waals surface area contributed by atoms with Crippen molar-refractivity contribution in [3.8, 4) is 0 Å². The molecule has 0 bridgehead atoms. The lowest BCUT2D eigenvalue weighted by Crippen LogP contribution is -2.14. The van der Waals surface area contributed by atoms with E-state index in [0.717, 1.165) is 17.8 Å². The summed E-state index contributed by atoms with van der Waals surface area (Å²) in [5.41, 5.74) is 6.87. The topological polar surface area (TPSA) is 38.4 Å². The van der Waals surface area contributed by atoms with Gasteiger partial charge in [-0.25, -0.2) is 0 Å². The Morgan fingerprint density at radius 3 is 2.75 bits per heavy atom. The van der Waals surface area contributed by atoms with Gasteiger partial charge in [0.05, 0.1) is 5.84 Å². The highest BCUT2D eigenvalue weighted by Crippen LogP contribution is 2.28. The molecule has 2 nitrogen and oxygen atoms in total. The van der Waals surface area contributed by atoms with E-state index in [1.165, 1.54) is 12.8 Å². The van der Waals surface area contributed by atoms with Crippen molar-refractivity contribution in [2.24, 2.45) is 16.6 Å². The molecule has 0 heterocycles. The molecular formula is C12H14Cl2N2. The van der Waals surface area contributed by atoms with Crippen molar-refractivity contribution in [3.05, 3.63) is 33.8 Å². The molecule has 86 valence electrons. The van der Waals surface area contributed by atoms with Crippen LogP contribution in [0, 0.1) is 5.92 Å². The molecule has 16 heavy (non-hydrogen) atoms. The molecule has 0 radical (unpaired) electrons. The Balaban J connectivity index is 1.91. The molecule has 0 aromatic heterocycles. The third-order valence-electron chi connectivity index (χ3n) is 2.69. The normalized spacial score (nSPS) is 16.5. The van der Waals surface area contributed by atoms with Gasteiger partial charge in [0, 0.05) is 22.5 Å². The minimum absolute atomic E-state index is 0.542. The summed E-state index contributed by atoms with van der Waals surface area (Å²) < 4.78 is 0. The summed E-state index contributed by atoms with van der Waals surface area (Å²) in [6, 6.07) is 5.54. The first-order chi connectivity index (χ1) is 7.66. The zero-order valence-corrected chi connectivity index (χ0v) is 10.4. The number of amidine groups is 1. The minimum atomic E-state index is 0.542. The van der Waals surface area contributed by atoms with Crippen LogP contribution in [0.3, 0.4) is 0 Å². The smallest absolute Gasteiger partial charge is 0.0968 e. The van der Waals surface area contributed by atoms with E-state index in [9.17, 15) is 0 Å². The summed E-state index contributed by atoms with van der Waals surface area (Å²) in [7, 11) is 0. The molecule has 1 aromatic carbocycles. The van der Waals surface area contributed by atoms with Crippen molar-refractivity contribution >= 4 is 29.0 Å². The van der Waals surface area contributed by atoms with Crippen molar-refractivity contribution in [1.29, 1.82) is 0 Å². The lowest BCUT2D eigenvalue weighted by molar-refractivity contribution is 0.948. The molecule has 1 aliphatic rings. The number of halogens is 2. The predicted molar refractivity (Wildman–Crippen MR) is 69.4 cm³/mol. The third kappa shape index (κ3) is 3.13. The Hall–Kier alpha value is -0.730. The summed E-state index contributed by atoms with van der Waals surface area (Å²) in [6.45, 7) is 0.698. The molecular weight excluding hydrogens is 243 g/mol. The molecule has 4 heteroatoms. The third-order valence-corrected chi connectivity index (χ3v) is 3.27. The molecule has 0 unspecified atom stereocenters. The first-order valence-corrected chi connectivity index (χ1v) is 6.16. The number of nitrogens with zero attached hydrogens (tertiary/aromatic N) is 1. The van der Waals surface area contributed by atoms with Crippen molar-refractivity contribution in [1.82, 2.24) is 0 Å². The summed E-state index contributed by atoms with van der Waals surface area (Å²) in [6.07, 6.45) is 3.19. The van der Waals surface area contributed by atoms with Gasteiger partial charge in [-0.05, 0) is 37.0 Å². The van der Waals surface area contributed by atoms with E-state index in [0.29, 0.717) is 22.5 Å². The van der Waals surface area contributed by atoms with Crippen LogP contribution >= 0.6 is 23.2 Å². The van der Waals surface area contributed by atoms with Crippen LogP contribution in [0.5, 0.6) is 0 Å². The Morgan fingerprint density at radius 1 is 1.38 bits per heavy atom. The van der Waals surface area contributed by atoms with E-state index in [2.05, 4.69) is 4.99 Å². The molecule has 0 aliphatic heterocycles. The van der Waals surface area contributed by atoms with Crippen molar-refractivity contribution in [2.45, 2.75) is 19.3 Å². The van der Waals surface area contributed by atoms with Crippen LogP contribution in [0.15, 0.2) is 23.2 Å². The highest BCUT2D eigenvalue weighted by Gasteiger charge is 2.24. The largest absolute Gasteiger partial charge is 0.387 e. The van der Waals surface area contributed by atoms with Crippen LogP contribution in [-0.4, -0.2) is 12.4 Å². The van der Waals surface area contributed by atoms with E-state index < -0.39 is 0 Å². The fourth-order valence-corrected chi connectivity index (χ4v) is 2.04. The number of nitrogens with two attached hydrogens (primary N) is 1. The zero-order chi connectivity index (χ0) is 11.5. The molecule has 0 atom stereocenters. The van der Waals surface area contributed by atoms with Gasteiger partial charge in [0.25, 0.3) is 0 Å². The molecule has 1 aromatic rings. The fourth-order valence-electron chi connectivity index (χ4n) is 1.54. The van der Waals surface area contributed by atoms with E-state index in [1.807, 2.05) is 12.1 Å². The number of aliphatic imine (C=N–C) groups is 1. The van der Waals surface area contributed by atoms with Gasteiger partial charge in [0.1, 0.15) is 0 Å². The van der Waals surface area contributed by atoms with Gasteiger partial charge in [-0.2, -0.15) is 0 Å². The second-order valence-corrected chi connectivity index (χ2v) is 4.91. The van der Waals surface area contributed by atoms with E-state index in [1.54, 1.807) is 6.07 Å². The standard InChI is InChI=1S/C12H14Cl2N2/c13-10-4-3-8(11(14)7-10)5-6-16-12(15)9-1-2-9/h3-4,7,9H,1-2,5-6H2,(H2,15,16). The Labute approximate surface area is 105 Å². The summed E-state index contributed by atoms with van der Waals surface area (Å²) in [5.74, 6) is 1.34. The predicted octanol–water partition coefficient (Wildman–Crippen LogP) is 3.30. The minimum Gasteiger partial charge on any atom is -0.387 e. The van der Waals surface area contributed by atoms with Gasteiger partial charge in [0.15, 0.2) is 0 Å². The molecule has 0 spiro atoms. The number of hydrogen-bond acceptors (Lipinski definition) is 1. The molecule has 2 N–H and O–H groups in total. The van der Waals surface area contributed by atoms with Crippen molar-refractivity contribution in [3.63, 3.8) is 0 Å². The Kier molecular flexibility index (Phi) is 3.72. The second-order valence-electron chi connectivity index (χ2n) is 4.07. The Morgan fingerprint density at radius 2 is 2.12 bits per heavy atom. The average molecular weight is 257 g/mol. The van der Waals surface area contributed by atoms with Crippen LogP contribution in [0.1, 0.15) is 18.4 Å². The lowest BCUT2D eigenvalue weighted by atomic mass is 10.1. The van der Waals surface area contributed by atoms with Crippen LogP contribution in [0.4, 0.5) is 0 Å². The van der Waals surface area contributed by atoms with Crippen LogP contribution in [0.2, 0.25) is 10.0 Å². The Bertz CT molecular complexity index is 411. The number of rotatable bonds is 4. The summed E-state index contributed by atoms with van der Waals surface area (Å²) in [5, 5.41) is 1.36. The quantitative estimate of drug-likeness (QED) is 0.652. The van der Waals surface area contributed by atoms with Crippen molar-refractivity contribution < 1.29 is 0 Å². The SMILES string of the molecule is NC(=NCCc1ccc(Cl)cc1Cl)C1CC1.